The van der Waals surface area contributed by atoms with Gasteiger partial charge in [-0.05, 0) is 25.7 Å². The molecule has 110 valence electrons. The summed E-state index contributed by atoms with van der Waals surface area (Å²) >= 11 is 0. The van der Waals surface area contributed by atoms with E-state index in [0.717, 1.165) is 31.0 Å². The lowest BCUT2D eigenvalue weighted by atomic mass is 10.0. The molecule has 1 aliphatic rings. The fourth-order valence-corrected chi connectivity index (χ4v) is 2.06. The second-order valence-electron chi connectivity index (χ2n) is 5.57. The van der Waals surface area contributed by atoms with E-state index in [1.165, 1.54) is 0 Å². The third-order valence-corrected chi connectivity index (χ3v) is 3.32. The van der Waals surface area contributed by atoms with E-state index in [4.69, 9.17) is 5.73 Å². The maximum Gasteiger partial charge on any atom is 0.240 e. The number of rotatable bonds is 7. The lowest BCUT2D eigenvalue weighted by Gasteiger charge is -2.20. The van der Waals surface area contributed by atoms with Gasteiger partial charge in [0.05, 0.1) is 0 Å². The van der Waals surface area contributed by atoms with Crippen LogP contribution in [0.2, 0.25) is 0 Å². The summed E-state index contributed by atoms with van der Waals surface area (Å²) in [7, 11) is 0. The summed E-state index contributed by atoms with van der Waals surface area (Å²) < 4.78 is 0. The Kier molecular flexibility index (Phi) is 4.42. The molecule has 0 saturated heterocycles. The van der Waals surface area contributed by atoms with Gasteiger partial charge in [0.1, 0.15) is 23.5 Å². The van der Waals surface area contributed by atoms with Crippen molar-refractivity contribution >= 4 is 17.5 Å². The average Bonchev–Trinajstić information content (AvgIpc) is 3.19. The Hall–Kier alpha value is -1.85. The fourth-order valence-electron chi connectivity index (χ4n) is 2.06. The molecule has 1 saturated carbocycles. The number of nitrogens with zero attached hydrogens (tertiary/aromatic N) is 2. The first kappa shape index (κ1) is 14.6. The minimum absolute atomic E-state index is 0.106. The monoisotopic (exact) mass is 277 g/mol. The molecule has 0 aromatic carbocycles. The van der Waals surface area contributed by atoms with Gasteiger partial charge in [-0.3, -0.25) is 4.79 Å². The maximum atomic E-state index is 11.5. The van der Waals surface area contributed by atoms with E-state index in [0.29, 0.717) is 11.7 Å². The standard InChI is InChI=1S/C14H23N5O/c1-4-16-10-7-11(17-12(8(2)3)13(15)20)19-14(18-10)9-5-6-9/h7-9,12H,4-6H2,1-3H3,(H2,15,20)(H2,16,17,18,19). The summed E-state index contributed by atoms with van der Waals surface area (Å²) in [6.07, 6.45) is 2.27. The van der Waals surface area contributed by atoms with Crippen molar-refractivity contribution in [2.75, 3.05) is 17.2 Å². The molecule has 20 heavy (non-hydrogen) atoms. The number of hydrogen-bond acceptors (Lipinski definition) is 5. The Morgan fingerprint density at radius 1 is 1.40 bits per heavy atom. The van der Waals surface area contributed by atoms with Gasteiger partial charge in [-0.15, -0.1) is 0 Å². The molecule has 1 aromatic rings. The van der Waals surface area contributed by atoms with Gasteiger partial charge >= 0.3 is 0 Å². The van der Waals surface area contributed by atoms with E-state index in [1.54, 1.807) is 0 Å². The summed E-state index contributed by atoms with van der Waals surface area (Å²) in [6.45, 7) is 6.73. The Morgan fingerprint density at radius 3 is 2.55 bits per heavy atom. The summed E-state index contributed by atoms with van der Waals surface area (Å²) in [6, 6.07) is 1.40. The highest BCUT2D eigenvalue weighted by Crippen LogP contribution is 2.38. The summed E-state index contributed by atoms with van der Waals surface area (Å²) in [5, 5.41) is 6.33. The van der Waals surface area contributed by atoms with Crippen molar-refractivity contribution in [3.63, 3.8) is 0 Å². The molecular formula is C14H23N5O. The third-order valence-electron chi connectivity index (χ3n) is 3.32. The second kappa shape index (κ2) is 6.07. The van der Waals surface area contributed by atoms with Crippen LogP contribution in [0.5, 0.6) is 0 Å². The van der Waals surface area contributed by atoms with Crippen LogP contribution in [0.3, 0.4) is 0 Å². The van der Waals surface area contributed by atoms with Crippen LogP contribution < -0.4 is 16.4 Å². The van der Waals surface area contributed by atoms with Crippen molar-refractivity contribution in [3.8, 4) is 0 Å². The zero-order valence-electron chi connectivity index (χ0n) is 12.3. The molecule has 2 rings (SSSR count). The Labute approximate surface area is 119 Å². The highest BCUT2D eigenvalue weighted by Gasteiger charge is 2.28. The quantitative estimate of drug-likeness (QED) is 0.705. The van der Waals surface area contributed by atoms with Gasteiger partial charge in [-0.2, -0.15) is 0 Å². The van der Waals surface area contributed by atoms with Crippen LogP contribution in [0.25, 0.3) is 0 Å². The molecule has 1 amide bonds. The molecule has 1 unspecified atom stereocenters. The summed E-state index contributed by atoms with van der Waals surface area (Å²) in [4.78, 5) is 20.5. The largest absolute Gasteiger partial charge is 0.370 e. The highest BCUT2D eigenvalue weighted by molar-refractivity contribution is 5.83. The summed E-state index contributed by atoms with van der Waals surface area (Å²) in [5.74, 6) is 2.50. The number of anilines is 2. The molecule has 6 nitrogen and oxygen atoms in total. The van der Waals surface area contributed by atoms with Crippen LogP contribution in [0.1, 0.15) is 45.4 Å². The average molecular weight is 277 g/mol. The molecule has 0 aliphatic heterocycles. The van der Waals surface area contributed by atoms with Crippen molar-refractivity contribution in [1.29, 1.82) is 0 Å². The van der Waals surface area contributed by atoms with Gasteiger partial charge < -0.3 is 16.4 Å². The van der Waals surface area contributed by atoms with Crippen molar-refractivity contribution in [1.82, 2.24) is 9.97 Å². The first-order valence-electron chi connectivity index (χ1n) is 7.20. The SMILES string of the molecule is CCNc1cc(NC(C(N)=O)C(C)C)nc(C2CC2)n1. The van der Waals surface area contributed by atoms with E-state index in [9.17, 15) is 4.79 Å². The van der Waals surface area contributed by atoms with Crippen LogP contribution in [-0.4, -0.2) is 28.5 Å². The maximum absolute atomic E-state index is 11.5. The van der Waals surface area contributed by atoms with Gasteiger partial charge in [0.15, 0.2) is 0 Å². The van der Waals surface area contributed by atoms with Gasteiger partial charge in [0, 0.05) is 18.5 Å². The van der Waals surface area contributed by atoms with E-state index in [2.05, 4.69) is 20.6 Å². The molecule has 0 radical (unpaired) electrons. The first-order chi connectivity index (χ1) is 9.51. The molecule has 1 atom stereocenters. The molecule has 1 aliphatic carbocycles. The van der Waals surface area contributed by atoms with Crippen molar-refractivity contribution in [2.45, 2.75) is 45.6 Å². The van der Waals surface area contributed by atoms with Crippen LogP contribution >= 0.6 is 0 Å². The number of carbonyl (C=O) groups excluding carboxylic acids is 1. The van der Waals surface area contributed by atoms with E-state index < -0.39 is 6.04 Å². The molecular weight excluding hydrogens is 254 g/mol. The minimum atomic E-state index is -0.425. The molecule has 6 heteroatoms. The number of aromatic nitrogens is 2. The molecule has 4 N–H and O–H groups in total. The fraction of sp³-hybridized carbons (Fsp3) is 0.643. The van der Waals surface area contributed by atoms with Crippen molar-refractivity contribution in [2.24, 2.45) is 11.7 Å². The molecule has 0 spiro atoms. The van der Waals surface area contributed by atoms with Gasteiger partial charge in [-0.1, -0.05) is 13.8 Å². The number of primary amides is 1. The Bertz CT molecular complexity index is 484. The van der Waals surface area contributed by atoms with E-state index in [-0.39, 0.29) is 11.8 Å². The minimum Gasteiger partial charge on any atom is -0.370 e. The zero-order valence-corrected chi connectivity index (χ0v) is 12.3. The van der Waals surface area contributed by atoms with Crippen LogP contribution in [0.15, 0.2) is 6.07 Å². The summed E-state index contributed by atoms with van der Waals surface area (Å²) in [5.41, 5.74) is 5.43. The second-order valence-corrected chi connectivity index (χ2v) is 5.57. The molecule has 1 heterocycles. The Morgan fingerprint density at radius 2 is 2.05 bits per heavy atom. The normalized spacial score (nSPS) is 16.0. The van der Waals surface area contributed by atoms with Gasteiger partial charge in [0.2, 0.25) is 5.91 Å². The predicted molar refractivity (Wildman–Crippen MR) is 79.6 cm³/mol. The van der Waals surface area contributed by atoms with E-state index in [1.807, 2.05) is 26.8 Å². The predicted octanol–water partition coefficient (Wildman–Crippen LogP) is 1.71. The number of nitrogens with two attached hydrogens (primary N) is 1. The number of amides is 1. The zero-order chi connectivity index (χ0) is 14.7. The van der Waals surface area contributed by atoms with Crippen LogP contribution in [0.4, 0.5) is 11.6 Å². The van der Waals surface area contributed by atoms with Gasteiger partial charge in [-0.25, -0.2) is 9.97 Å². The molecule has 1 aromatic heterocycles. The molecule has 1 fully saturated rings. The van der Waals surface area contributed by atoms with E-state index >= 15 is 0 Å². The van der Waals surface area contributed by atoms with Crippen LogP contribution in [-0.2, 0) is 4.79 Å². The number of carbonyl (C=O) groups is 1. The van der Waals surface area contributed by atoms with Crippen LogP contribution in [0, 0.1) is 5.92 Å². The van der Waals surface area contributed by atoms with Crippen molar-refractivity contribution < 1.29 is 4.79 Å². The number of hydrogen-bond donors (Lipinski definition) is 3. The topological polar surface area (TPSA) is 92.9 Å². The lowest BCUT2D eigenvalue weighted by molar-refractivity contribution is -0.119. The van der Waals surface area contributed by atoms with Gasteiger partial charge in [0.25, 0.3) is 0 Å². The first-order valence-corrected chi connectivity index (χ1v) is 7.20. The number of nitrogens with one attached hydrogen (secondary N) is 2. The van der Waals surface area contributed by atoms with Crippen molar-refractivity contribution in [3.05, 3.63) is 11.9 Å². The smallest absolute Gasteiger partial charge is 0.240 e. The third kappa shape index (κ3) is 3.59. The molecule has 0 bridgehead atoms. The Balaban J connectivity index is 2.22. The lowest BCUT2D eigenvalue weighted by Crippen LogP contribution is -2.39. The highest BCUT2D eigenvalue weighted by atomic mass is 16.1.